The van der Waals surface area contributed by atoms with Gasteiger partial charge in [0.05, 0.1) is 0 Å². The van der Waals surface area contributed by atoms with Gasteiger partial charge in [-0.25, -0.2) is 4.98 Å². The Bertz CT molecular complexity index is 579. The lowest BCUT2D eigenvalue weighted by Gasteiger charge is -2.26. The molecular formula is C18H25N3. The lowest BCUT2D eigenvalue weighted by molar-refractivity contribution is 0.718. The predicted molar refractivity (Wildman–Crippen MR) is 90.2 cm³/mol. The molecule has 2 rings (SSSR count). The second kappa shape index (κ2) is 7.23. The van der Waals surface area contributed by atoms with Crippen molar-refractivity contribution < 1.29 is 0 Å². The number of hydrogen-bond acceptors (Lipinski definition) is 3. The smallest absolute Gasteiger partial charge is 0.138 e. The lowest BCUT2D eigenvalue weighted by Crippen LogP contribution is -2.23. The first kappa shape index (κ1) is 15.5. The lowest BCUT2D eigenvalue weighted by atomic mass is 10.1. The number of aryl methyl sites for hydroxylation is 2. The Balaban J connectivity index is 2.49. The topological polar surface area (TPSA) is 28.2 Å². The highest BCUT2D eigenvalue weighted by Crippen LogP contribution is 2.29. The maximum Gasteiger partial charge on any atom is 0.138 e. The van der Waals surface area contributed by atoms with E-state index in [9.17, 15) is 0 Å². The van der Waals surface area contributed by atoms with Crippen LogP contribution >= 0.6 is 0 Å². The highest BCUT2D eigenvalue weighted by Gasteiger charge is 2.15. The number of nitrogens with one attached hydrogen (secondary N) is 1. The molecule has 3 nitrogen and oxygen atoms in total. The van der Waals surface area contributed by atoms with Crippen molar-refractivity contribution in [3.8, 4) is 0 Å². The number of benzene rings is 1. The van der Waals surface area contributed by atoms with Crippen LogP contribution < -0.4 is 10.2 Å². The summed E-state index contributed by atoms with van der Waals surface area (Å²) in [7, 11) is 0. The summed E-state index contributed by atoms with van der Waals surface area (Å²) in [6, 6.07) is 12.6. The molecule has 0 saturated carbocycles. The van der Waals surface area contributed by atoms with Crippen LogP contribution in [-0.2, 0) is 6.54 Å². The molecule has 1 aromatic carbocycles. The van der Waals surface area contributed by atoms with Crippen molar-refractivity contribution in [3.63, 3.8) is 0 Å². The molecule has 0 fully saturated rings. The number of para-hydroxylation sites is 1. The van der Waals surface area contributed by atoms with E-state index in [1.807, 2.05) is 6.07 Å². The Labute approximate surface area is 128 Å². The minimum Gasteiger partial charge on any atom is -0.326 e. The first-order valence-corrected chi connectivity index (χ1v) is 7.67. The van der Waals surface area contributed by atoms with Gasteiger partial charge in [0.15, 0.2) is 0 Å². The van der Waals surface area contributed by atoms with Crippen LogP contribution in [-0.4, -0.2) is 18.1 Å². The number of anilines is 2. The summed E-state index contributed by atoms with van der Waals surface area (Å²) in [5.74, 6) is 1.07. The highest BCUT2D eigenvalue weighted by atomic mass is 15.2. The van der Waals surface area contributed by atoms with Crippen molar-refractivity contribution in [2.75, 3.05) is 18.0 Å². The summed E-state index contributed by atoms with van der Waals surface area (Å²) >= 11 is 0. The van der Waals surface area contributed by atoms with Gasteiger partial charge in [0.1, 0.15) is 5.82 Å². The van der Waals surface area contributed by atoms with E-state index < -0.39 is 0 Å². The summed E-state index contributed by atoms with van der Waals surface area (Å²) < 4.78 is 0. The largest absolute Gasteiger partial charge is 0.326 e. The molecule has 0 aliphatic heterocycles. The van der Waals surface area contributed by atoms with Crippen LogP contribution in [0.25, 0.3) is 0 Å². The van der Waals surface area contributed by atoms with Crippen LogP contribution in [0.15, 0.2) is 36.4 Å². The van der Waals surface area contributed by atoms with Gasteiger partial charge in [-0.2, -0.15) is 0 Å². The van der Waals surface area contributed by atoms with Crippen LogP contribution in [0.2, 0.25) is 0 Å². The Morgan fingerprint density at radius 2 is 1.81 bits per heavy atom. The molecule has 0 bridgehead atoms. The van der Waals surface area contributed by atoms with Crippen molar-refractivity contribution in [2.45, 2.75) is 34.2 Å². The fourth-order valence-corrected chi connectivity index (χ4v) is 2.60. The average Bonchev–Trinajstić information content (AvgIpc) is 2.48. The zero-order valence-corrected chi connectivity index (χ0v) is 13.5. The fourth-order valence-electron chi connectivity index (χ4n) is 2.60. The van der Waals surface area contributed by atoms with Gasteiger partial charge >= 0.3 is 0 Å². The maximum absolute atomic E-state index is 4.82. The van der Waals surface area contributed by atoms with Crippen molar-refractivity contribution >= 4 is 11.5 Å². The van der Waals surface area contributed by atoms with Crippen LogP contribution in [0.3, 0.4) is 0 Å². The molecule has 21 heavy (non-hydrogen) atoms. The predicted octanol–water partition coefficient (Wildman–Crippen LogP) is 3.97. The number of hydrogen-bond donors (Lipinski definition) is 1. The van der Waals surface area contributed by atoms with Gasteiger partial charge in [0, 0.05) is 30.0 Å². The number of nitrogens with zero attached hydrogens (tertiary/aromatic N) is 2. The van der Waals surface area contributed by atoms with E-state index in [1.165, 1.54) is 16.8 Å². The van der Waals surface area contributed by atoms with Gasteiger partial charge in [-0.3, -0.25) is 0 Å². The highest BCUT2D eigenvalue weighted by molar-refractivity contribution is 5.64. The number of aromatic nitrogens is 1. The van der Waals surface area contributed by atoms with E-state index >= 15 is 0 Å². The SMILES string of the molecule is CCNCc1c(C)cc(C)nc1N(CC)c1ccccc1. The summed E-state index contributed by atoms with van der Waals surface area (Å²) in [5.41, 5.74) is 4.84. The third kappa shape index (κ3) is 3.61. The number of rotatable bonds is 6. The molecule has 0 spiro atoms. The summed E-state index contributed by atoms with van der Waals surface area (Å²) in [6.45, 7) is 11.3. The van der Waals surface area contributed by atoms with Gasteiger partial charge in [-0.1, -0.05) is 25.1 Å². The normalized spacial score (nSPS) is 10.7. The summed E-state index contributed by atoms with van der Waals surface area (Å²) in [4.78, 5) is 7.10. The van der Waals surface area contributed by atoms with E-state index in [4.69, 9.17) is 4.98 Å². The Kier molecular flexibility index (Phi) is 5.34. The molecule has 0 radical (unpaired) electrons. The standard InChI is InChI=1S/C18H25N3/c1-5-19-13-17-14(3)12-15(4)20-18(17)21(6-2)16-10-8-7-9-11-16/h7-12,19H,5-6,13H2,1-4H3. The summed E-state index contributed by atoms with van der Waals surface area (Å²) in [6.07, 6.45) is 0. The van der Waals surface area contributed by atoms with E-state index in [-0.39, 0.29) is 0 Å². The molecule has 1 aromatic heterocycles. The van der Waals surface area contributed by atoms with Crippen molar-refractivity contribution in [3.05, 3.63) is 53.2 Å². The van der Waals surface area contributed by atoms with Gasteiger partial charge in [-0.15, -0.1) is 0 Å². The molecule has 1 heterocycles. The van der Waals surface area contributed by atoms with Crippen LogP contribution in [0.5, 0.6) is 0 Å². The fraction of sp³-hybridized carbons (Fsp3) is 0.389. The van der Waals surface area contributed by atoms with Crippen LogP contribution in [0, 0.1) is 13.8 Å². The minimum absolute atomic E-state index is 0.855. The zero-order valence-electron chi connectivity index (χ0n) is 13.5. The van der Waals surface area contributed by atoms with Gasteiger partial charge in [0.2, 0.25) is 0 Å². The Hall–Kier alpha value is -1.87. The van der Waals surface area contributed by atoms with Gasteiger partial charge in [0.25, 0.3) is 0 Å². The number of pyridine rings is 1. The van der Waals surface area contributed by atoms with Crippen molar-refractivity contribution in [2.24, 2.45) is 0 Å². The van der Waals surface area contributed by atoms with E-state index in [1.54, 1.807) is 0 Å². The Morgan fingerprint density at radius 3 is 2.43 bits per heavy atom. The van der Waals surface area contributed by atoms with Gasteiger partial charge in [-0.05, 0) is 51.1 Å². The molecular weight excluding hydrogens is 258 g/mol. The molecule has 0 unspecified atom stereocenters. The minimum atomic E-state index is 0.855. The molecule has 112 valence electrons. The van der Waals surface area contributed by atoms with E-state index in [0.29, 0.717) is 0 Å². The first-order chi connectivity index (χ1) is 10.2. The van der Waals surface area contributed by atoms with Crippen LogP contribution in [0.4, 0.5) is 11.5 Å². The van der Waals surface area contributed by atoms with Crippen molar-refractivity contribution in [1.29, 1.82) is 0 Å². The Morgan fingerprint density at radius 1 is 1.10 bits per heavy atom. The quantitative estimate of drug-likeness (QED) is 0.869. The second-order valence-corrected chi connectivity index (χ2v) is 5.24. The maximum atomic E-state index is 4.82. The molecule has 3 heteroatoms. The average molecular weight is 283 g/mol. The van der Waals surface area contributed by atoms with Crippen LogP contribution in [0.1, 0.15) is 30.7 Å². The van der Waals surface area contributed by atoms with E-state index in [0.717, 1.165) is 31.1 Å². The molecule has 2 aromatic rings. The second-order valence-electron chi connectivity index (χ2n) is 5.24. The third-order valence-corrected chi connectivity index (χ3v) is 3.65. The zero-order chi connectivity index (χ0) is 15.2. The molecule has 0 aliphatic rings. The molecule has 0 saturated heterocycles. The van der Waals surface area contributed by atoms with E-state index in [2.05, 4.69) is 68.2 Å². The monoisotopic (exact) mass is 283 g/mol. The van der Waals surface area contributed by atoms with Gasteiger partial charge < -0.3 is 10.2 Å². The molecule has 0 aliphatic carbocycles. The third-order valence-electron chi connectivity index (χ3n) is 3.65. The molecule has 0 amide bonds. The summed E-state index contributed by atoms with van der Waals surface area (Å²) in [5, 5.41) is 3.43. The molecule has 0 atom stereocenters. The van der Waals surface area contributed by atoms with Crippen molar-refractivity contribution in [1.82, 2.24) is 10.3 Å². The first-order valence-electron chi connectivity index (χ1n) is 7.67. The molecule has 1 N–H and O–H groups in total.